The molecule has 2 atom stereocenters. The van der Waals surface area contributed by atoms with Crippen LogP contribution in [0.4, 0.5) is 0 Å². The van der Waals surface area contributed by atoms with Crippen molar-refractivity contribution in [3.8, 4) is 0 Å². The van der Waals surface area contributed by atoms with Crippen molar-refractivity contribution in [2.24, 2.45) is 0 Å². The molecule has 0 fully saturated rings. The Balaban J connectivity index is 2.26. The molecule has 3 aromatic rings. The van der Waals surface area contributed by atoms with Crippen molar-refractivity contribution < 1.29 is 9.32 Å². The molecule has 0 N–H and O–H groups in total. The predicted molar refractivity (Wildman–Crippen MR) is 115 cm³/mol. The summed E-state index contributed by atoms with van der Waals surface area (Å²) in [5.74, 6) is -0.178. The van der Waals surface area contributed by atoms with E-state index in [0.29, 0.717) is 0 Å². The summed E-state index contributed by atoms with van der Waals surface area (Å²) in [4.78, 5) is 12.9. The van der Waals surface area contributed by atoms with E-state index in [2.05, 4.69) is 45.6 Å². The minimum Gasteiger partial charge on any atom is -0.296 e. The van der Waals surface area contributed by atoms with E-state index in [0.717, 1.165) is 22.3 Å². The van der Waals surface area contributed by atoms with E-state index in [1.807, 2.05) is 61.5 Å². The molecule has 4 heteroatoms. The van der Waals surface area contributed by atoms with Gasteiger partial charge in [0.15, 0.2) is 0 Å². The lowest BCUT2D eigenvalue weighted by Crippen LogP contribution is -2.35. The topological polar surface area (TPSA) is 26.3 Å². The Bertz CT molecular complexity index is 739. The van der Waals surface area contributed by atoms with Crippen LogP contribution in [-0.2, 0) is 9.32 Å². The van der Waals surface area contributed by atoms with Gasteiger partial charge in [-0.1, -0.05) is 61.5 Å². The van der Waals surface area contributed by atoms with Crippen molar-refractivity contribution in [1.82, 2.24) is 0 Å². The average molecular weight is 381 g/mol. The van der Waals surface area contributed by atoms with Crippen molar-refractivity contribution in [2.45, 2.75) is 19.0 Å². The van der Waals surface area contributed by atoms with Crippen LogP contribution in [0.5, 0.6) is 0 Å². The second-order valence-electron chi connectivity index (χ2n) is 6.04. The molecule has 0 bridgehead atoms. The molecular formula is C22H23O2P2+. The number of rotatable bonds is 6. The summed E-state index contributed by atoms with van der Waals surface area (Å²) in [6, 6.07) is 30.3. The number of hydrogen-bond donors (Lipinski definition) is 0. The standard InChI is InChI=1S/C22H23O2P2/c1-2-21(25)22(23)24-26(18-12-6-3-7-13-18,19-14-8-4-9-15-19)20-16-10-5-11-17-20/h3-17,21H,2,25H2,1H3/q+1. The highest BCUT2D eigenvalue weighted by atomic mass is 31.2. The second kappa shape index (κ2) is 8.58. The minimum atomic E-state index is -2.54. The highest BCUT2D eigenvalue weighted by molar-refractivity contribution is 7.92. The first kappa shape index (κ1) is 18.8. The van der Waals surface area contributed by atoms with E-state index < -0.39 is 7.49 Å². The molecular weight excluding hydrogens is 358 g/mol. The summed E-state index contributed by atoms with van der Waals surface area (Å²) in [5, 5.41) is 3.12. The fraction of sp³-hybridized carbons (Fsp3) is 0.136. The zero-order chi connectivity index (χ0) is 18.4. The highest BCUT2D eigenvalue weighted by Crippen LogP contribution is 2.56. The monoisotopic (exact) mass is 381 g/mol. The molecule has 132 valence electrons. The third kappa shape index (κ3) is 3.73. The van der Waals surface area contributed by atoms with Crippen LogP contribution in [0.15, 0.2) is 91.0 Å². The Morgan fingerprint density at radius 1 is 0.808 bits per heavy atom. The molecule has 0 saturated heterocycles. The largest absolute Gasteiger partial charge is 0.358 e. The molecule has 2 nitrogen and oxygen atoms in total. The first-order chi connectivity index (χ1) is 12.7. The lowest BCUT2D eigenvalue weighted by atomic mass is 10.3. The summed E-state index contributed by atoms with van der Waals surface area (Å²) in [6.45, 7) is 1.99. The van der Waals surface area contributed by atoms with Gasteiger partial charge in [-0.15, -0.1) is 9.24 Å². The number of benzene rings is 3. The van der Waals surface area contributed by atoms with Crippen LogP contribution in [0.3, 0.4) is 0 Å². The van der Waals surface area contributed by atoms with Gasteiger partial charge in [-0.2, -0.15) is 0 Å². The van der Waals surface area contributed by atoms with Crippen LogP contribution in [-0.4, -0.2) is 11.6 Å². The van der Waals surface area contributed by atoms with Gasteiger partial charge in [0.1, 0.15) is 15.9 Å². The molecule has 0 radical (unpaired) electrons. The van der Waals surface area contributed by atoms with Crippen LogP contribution >= 0.6 is 16.7 Å². The molecule has 0 aliphatic heterocycles. The van der Waals surface area contributed by atoms with Gasteiger partial charge in [-0.05, 0) is 42.8 Å². The third-order valence-electron chi connectivity index (χ3n) is 4.33. The van der Waals surface area contributed by atoms with E-state index in [1.54, 1.807) is 0 Å². The van der Waals surface area contributed by atoms with Gasteiger partial charge >= 0.3 is 5.97 Å². The molecule has 0 saturated carbocycles. The van der Waals surface area contributed by atoms with E-state index in [9.17, 15) is 4.79 Å². The second-order valence-corrected chi connectivity index (χ2v) is 9.80. The molecule has 0 aliphatic carbocycles. The molecule has 2 unspecified atom stereocenters. The van der Waals surface area contributed by atoms with Gasteiger partial charge in [0, 0.05) is 0 Å². The molecule has 0 heterocycles. The molecule has 0 aromatic heterocycles. The molecule has 3 rings (SSSR count). The minimum absolute atomic E-state index is 0.178. The maximum Gasteiger partial charge on any atom is 0.358 e. The number of carbonyl (C=O) groups is 1. The van der Waals surface area contributed by atoms with Crippen LogP contribution in [0, 0.1) is 0 Å². The molecule has 0 amide bonds. The molecule has 26 heavy (non-hydrogen) atoms. The number of carbonyl (C=O) groups excluding carboxylic acids is 1. The van der Waals surface area contributed by atoms with Crippen LogP contribution in [0.1, 0.15) is 13.3 Å². The van der Waals surface area contributed by atoms with Crippen molar-refractivity contribution in [3.05, 3.63) is 91.0 Å². The lowest BCUT2D eigenvalue weighted by Gasteiger charge is -2.26. The summed E-state index contributed by atoms with van der Waals surface area (Å²) < 4.78 is 6.40. The maximum absolute atomic E-state index is 12.9. The molecule has 0 spiro atoms. The normalized spacial score (nSPS) is 12.4. The van der Waals surface area contributed by atoms with Gasteiger partial charge in [0.05, 0.1) is 5.66 Å². The SMILES string of the molecule is CCC(P)C(=O)O[P+](c1ccccc1)(c1ccccc1)c1ccccc1. The van der Waals surface area contributed by atoms with Crippen LogP contribution in [0.25, 0.3) is 0 Å². The Hall–Kier alpha value is -2.01. The smallest absolute Gasteiger partial charge is 0.296 e. The highest BCUT2D eigenvalue weighted by Gasteiger charge is 2.51. The van der Waals surface area contributed by atoms with Crippen LogP contribution in [0.2, 0.25) is 0 Å². The lowest BCUT2D eigenvalue weighted by molar-refractivity contribution is -0.133. The predicted octanol–water partition coefficient (Wildman–Crippen LogP) is 4.09. The summed E-state index contributed by atoms with van der Waals surface area (Å²) in [5.41, 5.74) is -0.217. The summed E-state index contributed by atoms with van der Waals surface area (Å²) in [7, 11) is 0.0680. The van der Waals surface area contributed by atoms with E-state index in [4.69, 9.17) is 4.52 Å². The van der Waals surface area contributed by atoms with Gasteiger partial charge in [0.2, 0.25) is 0 Å². The first-order valence-corrected chi connectivity index (χ1v) is 11.1. The van der Waals surface area contributed by atoms with Gasteiger partial charge in [0.25, 0.3) is 7.49 Å². The summed E-state index contributed by atoms with van der Waals surface area (Å²) >= 11 is 0. The zero-order valence-corrected chi connectivity index (χ0v) is 16.8. The van der Waals surface area contributed by atoms with E-state index >= 15 is 0 Å². The van der Waals surface area contributed by atoms with Crippen molar-refractivity contribution in [2.75, 3.05) is 0 Å². The van der Waals surface area contributed by atoms with Gasteiger partial charge < -0.3 is 0 Å². The van der Waals surface area contributed by atoms with Crippen molar-refractivity contribution in [3.63, 3.8) is 0 Å². The van der Waals surface area contributed by atoms with Crippen molar-refractivity contribution >= 4 is 38.6 Å². The number of hydrogen-bond acceptors (Lipinski definition) is 2. The quantitative estimate of drug-likeness (QED) is 0.601. The fourth-order valence-electron chi connectivity index (χ4n) is 2.89. The Morgan fingerprint density at radius 2 is 1.15 bits per heavy atom. The zero-order valence-electron chi connectivity index (χ0n) is 14.8. The van der Waals surface area contributed by atoms with Crippen LogP contribution < -0.4 is 15.9 Å². The Labute approximate surface area is 158 Å². The summed E-state index contributed by atoms with van der Waals surface area (Å²) in [6.07, 6.45) is 0.724. The van der Waals surface area contributed by atoms with Crippen molar-refractivity contribution in [1.29, 1.82) is 0 Å². The van der Waals surface area contributed by atoms with E-state index in [-0.39, 0.29) is 11.6 Å². The third-order valence-corrected chi connectivity index (χ3v) is 8.60. The maximum atomic E-state index is 12.9. The molecule has 0 aliphatic rings. The van der Waals surface area contributed by atoms with Gasteiger partial charge in [-0.3, -0.25) is 4.52 Å². The molecule has 3 aromatic carbocycles. The van der Waals surface area contributed by atoms with E-state index in [1.165, 1.54) is 0 Å². The van der Waals surface area contributed by atoms with Gasteiger partial charge in [-0.25, -0.2) is 4.79 Å². The fourth-order valence-corrected chi connectivity index (χ4v) is 6.46. The first-order valence-electron chi connectivity index (χ1n) is 8.73. The Kier molecular flexibility index (Phi) is 6.20. The Morgan fingerprint density at radius 3 is 1.46 bits per heavy atom. The average Bonchev–Trinajstić information content (AvgIpc) is 2.73.